The van der Waals surface area contributed by atoms with Gasteiger partial charge in [0.05, 0.1) is 23.3 Å². The van der Waals surface area contributed by atoms with Crippen LogP contribution in [0.2, 0.25) is 0 Å². The molecule has 4 heteroatoms. The summed E-state index contributed by atoms with van der Waals surface area (Å²) in [6, 6.07) is 14.9. The molecule has 2 aromatic carbocycles. The van der Waals surface area contributed by atoms with Gasteiger partial charge in [-0.15, -0.1) is 0 Å². The van der Waals surface area contributed by atoms with E-state index in [4.69, 9.17) is 4.98 Å². The fourth-order valence-corrected chi connectivity index (χ4v) is 6.95. The molecule has 2 fully saturated rings. The van der Waals surface area contributed by atoms with Crippen molar-refractivity contribution < 1.29 is 9.50 Å². The van der Waals surface area contributed by atoms with Gasteiger partial charge >= 0.3 is 0 Å². The molecule has 0 radical (unpaired) electrons. The molecule has 2 heterocycles. The molecule has 1 N–H and O–H groups in total. The summed E-state index contributed by atoms with van der Waals surface area (Å²) < 4.78 is 15.7. The highest BCUT2D eigenvalue weighted by molar-refractivity contribution is 5.73. The molecular weight excluding hydrogens is 387 g/mol. The van der Waals surface area contributed by atoms with E-state index in [0.717, 1.165) is 48.3 Å². The lowest BCUT2D eigenvalue weighted by atomic mass is 9.37. The Balaban J connectivity index is 1.44. The standard InChI is InChI=1S/C27H27FN2O/c1-17-6-3-4-8-22(17)27(31)18(2)26-15-30-16-29-25(19-10-12-21(28)13-11-19)23(30)14-20(26)7-5-9-24(26)27/h3-4,6,8,10-14,16,18,24,31H,5,7,9,15H2,1-2H3/t18?,24-,26+,27+/m0/s1. The molecule has 0 saturated heterocycles. The highest BCUT2D eigenvalue weighted by Crippen LogP contribution is 2.72. The molecule has 3 nitrogen and oxygen atoms in total. The van der Waals surface area contributed by atoms with Crippen LogP contribution in [-0.4, -0.2) is 14.7 Å². The van der Waals surface area contributed by atoms with Gasteiger partial charge < -0.3 is 9.67 Å². The zero-order chi connectivity index (χ0) is 21.4. The van der Waals surface area contributed by atoms with Gasteiger partial charge in [0.15, 0.2) is 0 Å². The monoisotopic (exact) mass is 414 g/mol. The predicted octanol–water partition coefficient (Wildman–Crippen LogP) is 5.72. The molecule has 1 spiro atoms. The molecule has 2 saturated carbocycles. The summed E-state index contributed by atoms with van der Waals surface area (Å²) in [6.45, 7) is 5.18. The number of imidazole rings is 1. The predicted molar refractivity (Wildman–Crippen MR) is 120 cm³/mol. The van der Waals surface area contributed by atoms with E-state index in [0.29, 0.717) is 0 Å². The van der Waals surface area contributed by atoms with E-state index < -0.39 is 5.60 Å². The number of halogens is 1. The van der Waals surface area contributed by atoms with Crippen molar-refractivity contribution in [2.24, 2.45) is 17.3 Å². The van der Waals surface area contributed by atoms with Crippen molar-refractivity contribution in [1.82, 2.24) is 9.55 Å². The van der Waals surface area contributed by atoms with Gasteiger partial charge in [-0.1, -0.05) is 36.8 Å². The molecule has 0 bridgehead atoms. The molecule has 1 unspecified atom stereocenters. The topological polar surface area (TPSA) is 38.0 Å². The largest absolute Gasteiger partial charge is 0.385 e. The van der Waals surface area contributed by atoms with Crippen molar-refractivity contribution in [3.63, 3.8) is 0 Å². The third-order valence-electron chi connectivity index (χ3n) is 8.44. The Morgan fingerprint density at radius 2 is 1.90 bits per heavy atom. The summed E-state index contributed by atoms with van der Waals surface area (Å²) in [5, 5.41) is 12.0. The summed E-state index contributed by atoms with van der Waals surface area (Å²) in [4.78, 5) is 4.70. The SMILES string of the molecule is Cc1ccccc1[C@]1(O)C(C)[C@]23Cn4cnc(-c5ccc(F)cc5)c4C=C2CCC[C@@H]31. The maximum absolute atomic E-state index is 13.4. The number of hydrogen-bond donors (Lipinski definition) is 1. The number of hydrogen-bond acceptors (Lipinski definition) is 2. The molecule has 1 aromatic heterocycles. The third-order valence-corrected chi connectivity index (χ3v) is 8.44. The average Bonchev–Trinajstić information content (AvgIpc) is 3.19. The van der Waals surface area contributed by atoms with Crippen molar-refractivity contribution in [2.75, 3.05) is 0 Å². The lowest BCUT2D eigenvalue weighted by molar-refractivity contribution is -0.256. The maximum Gasteiger partial charge on any atom is 0.123 e. The summed E-state index contributed by atoms with van der Waals surface area (Å²) in [5.74, 6) is 0.103. The second-order valence-electron chi connectivity index (χ2n) is 9.63. The van der Waals surface area contributed by atoms with Crippen LogP contribution in [0.15, 0.2) is 60.4 Å². The van der Waals surface area contributed by atoms with E-state index in [9.17, 15) is 9.50 Å². The maximum atomic E-state index is 13.4. The van der Waals surface area contributed by atoms with Crippen LogP contribution >= 0.6 is 0 Å². The summed E-state index contributed by atoms with van der Waals surface area (Å²) in [7, 11) is 0. The first kappa shape index (κ1) is 19.0. The van der Waals surface area contributed by atoms with Crippen molar-refractivity contribution in [3.8, 4) is 11.3 Å². The minimum Gasteiger partial charge on any atom is -0.385 e. The molecular formula is C27H27FN2O. The Kier molecular flexibility index (Phi) is 3.92. The highest BCUT2D eigenvalue weighted by atomic mass is 19.1. The Hall–Kier alpha value is -2.72. The normalized spacial score (nSPS) is 31.2. The van der Waals surface area contributed by atoms with Crippen molar-refractivity contribution in [1.29, 1.82) is 0 Å². The number of aryl methyl sites for hydroxylation is 1. The van der Waals surface area contributed by atoms with Crippen LogP contribution in [0.3, 0.4) is 0 Å². The van der Waals surface area contributed by atoms with Crippen LogP contribution in [0.5, 0.6) is 0 Å². The van der Waals surface area contributed by atoms with Gasteiger partial charge in [-0.3, -0.25) is 0 Å². The lowest BCUT2D eigenvalue weighted by Gasteiger charge is -2.69. The number of aliphatic hydroxyl groups is 1. The fourth-order valence-electron chi connectivity index (χ4n) is 6.95. The number of aromatic nitrogens is 2. The zero-order valence-corrected chi connectivity index (χ0v) is 18.0. The fraction of sp³-hybridized carbons (Fsp3) is 0.370. The molecule has 3 aliphatic rings. The molecule has 158 valence electrons. The Morgan fingerprint density at radius 1 is 1.13 bits per heavy atom. The van der Waals surface area contributed by atoms with Crippen molar-refractivity contribution in [3.05, 3.63) is 83.1 Å². The average molecular weight is 415 g/mol. The van der Waals surface area contributed by atoms with E-state index in [2.05, 4.69) is 36.6 Å². The van der Waals surface area contributed by atoms with Gasteiger partial charge in [-0.05, 0) is 67.7 Å². The Labute approximate surface area is 182 Å². The van der Waals surface area contributed by atoms with Gasteiger partial charge in [0.25, 0.3) is 0 Å². The molecule has 0 amide bonds. The molecule has 6 rings (SSSR count). The van der Waals surface area contributed by atoms with Crippen LogP contribution in [0.25, 0.3) is 17.3 Å². The number of nitrogens with zero attached hydrogens (tertiary/aromatic N) is 2. The smallest absolute Gasteiger partial charge is 0.123 e. The van der Waals surface area contributed by atoms with Crippen molar-refractivity contribution in [2.45, 2.75) is 45.3 Å². The van der Waals surface area contributed by atoms with Crippen LogP contribution in [0, 0.1) is 30.0 Å². The first-order valence-corrected chi connectivity index (χ1v) is 11.3. The van der Waals surface area contributed by atoms with Gasteiger partial charge in [0.1, 0.15) is 5.82 Å². The van der Waals surface area contributed by atoms with Crippen LogP contribution in [-0.2, 0) is 12.1 Å². The first-order chi connectivity index (χ1) is 15.0. The minimum atomic E-state index is -0.789. The molecule has 2 aliphatic carbocycles. The summed E-state index contributed by atoms with van der Waals surface area (Å²) in [5.41, 5.74) is 5.84. The van der Waals surface area contributed by atoms with Crippen LogP contribution in [0.4, 0.5) is 4.39 Å². The van der Waals surface area contributed by atoms with Crippen LogP contribution < -0.4 is 0 Å². The molecule has 1 aliphatic heterocycles. The third kappa shape index (κ3) is 2.34. The number of fused-ring (bicyclic) bond motifs is 1. The number of allylic oxidation sites excluding steroid dienone is 1. The molecule has 4 atom stereocenters. The first-order valence-electron chi connectivity index (χ1n) is 11.3. The quantitative estimate of drug-likeness (QED) is 0.582. The number of rotatable bonds is 2. The van der Waals surface area contributed by atoms with E-state index in [-0.39, 0.29) is 23.1 Å². The zero-order valence-electron chi connectivity index (χ0n) is 18.0. The summed E-state index contributed by atoms with van der Waals surface area (Å²) in [6.07, 6.45) is 7.44. The summed E-state index contributed by atoms with van der Waals surface area (Å²) >= 11 is 0. The van der Waals surface area contributed by atoms with E-state index in [1.54, 1.807) is 12.1 Å². The van der Waals surface area contributed by atoms with Crippen molar-refractivity contribution >= 4 is 6.08 Å². The number of benzene rings is 2. The minimum absolute atomic E-state index is 0.0248. The van der Waals surface area contributed by atoms with Gasteiger partial charge in [0.2, 0.25) is 0 Å². The Bertz CT molecular complexity index is 1210. The molecule has 3 aromatic rings. The van der Waals surface area contributed by atoms with Gasteiger partial charge in [-0.2, -0.15) is 0 Å². The molecule has 31 heavy (non-hydrogen) atoms. The van der Waals surface area contributed by atoms with E-state index in [1.165, 1.54) is 23.3 Å². The van der Waals surface area contributed by atoms with E-state index >= 15 is 0 Å². The van der Waals surface area contributed by atoms with Crippen LogP contribution in [0.1, 0.15) is 43.0 Å². The Morgan fingerprint density at radius 3 is 2.68 bits per heavy atom. The lowest BCUT2D eigenvalue weighted by Crippen LogP contribution is -2.70. The van der Waals surface area contributed by atoms with Gasteiger partial charge in [0, 0.05) is 29.4 Å². The highest BCUT2D eigenvalue weighted by Gasteiger charge is 2.71. The van der Waals surface area contributed by atoms with E-state index in [1.807, 2.05) is 18.5 Å². The second kappa shape index (κ2) is 6.39. The van der Waals surface area contributed by atoms with Gasteiger partial charge in [-0.25, -0.2) is 9.37 Å². The second-order valence-corrected chi connectivity index (χ2v) is 9.63.